The van der Waals surface area contributed by atoms with Gasteiger partial charge >= 0.3 is 0 Å². The van der Waals surface area contributed by atoms with Crippen molar-refractivity contribution in [3.8, 4) is 0 Å². The van der Waals surface area contributed by atoms with E-state index in [-0.39, 0.29) is 0 Å². The molecule has 1 aliphatic heterocycles. The Kier molecular flexibility index (Phi) is 2.59. The molecule has 0 bridgehead atoms. The molecule has 0 fully saturated rings. The van der Waals surface area contributed by atoms with Crippen LogP contribution in [0.5, 0.6) is 0 Å². The summed E-state index contributed by atoms with van der Waals surface area (Å²) >= 11 is 0. The first-order valence-electron chi connectivity index (χ1n) is 5.81. The summed E-state index contributed by atoms with van der Waals surface area (Å²) in [5.74, 6) is 0. The molecule has 0 saturated heterocycles. The molecule has 3 rings (SSSR count). The highest BCUT2D eigenvalue weighted by Crippen LogP contribution is 2.19. The summed E-state index contributed by atoms with van der Waals surface area (Å²) in [5, 5.41) is 0. The fraction of sp³-hybridized carbons (Fsp3) is 0.0625. The van der Waals surface area contributed by atoms with Gasteiger partial charge in [0, 0.05) is 11.1 Å². The lowest BCUT2D eigenvalue weighted by Gasteiger charge is -2.08. The lowest BCUT2D eigenvalue weighted by atomic mass is 9.98. The first-order chi connectivity index (χ1) is 8.45. The minimum Gasteiger partial charge on any atom is -0.280 e. The predicted octanol–water partition coefficient (Wildman–Crippen LogP) is 3.55. The molecule has 0 amide bonds. The van der Waals surface area contributed by atoms with Gasteiger partial charge in [0.15, 0.2) is 0 Å². The lowest BCUT2D eigenvalue weighted by Crippen LogP contribution is -2.04. The third-order valence-corrected chi connectivity index (χ3v) is 2.92. The topological polar surface area (TPSA) is 12.4 Å². The highest BCUT2D eigenvalue weighted by atomic mass is 14.7. The fourth-order valence-corrected chi connectivity index (χ4v) is 2.11. The molecule has 1 heteroatoms. The van der Waals surface area contributed by atoms with Crippen molar-refractivity contribution in [3.63, 3.8) is 0 Å². The van der Waals surface area contributed by atoms with E-state index in [0.29, 0.717) is 0 Å². The average molecular weight is 219 g/mol. The van der Waals surface area contributed by atoms with Crippen molar-refractivity contribution in [2.24, 2.45) is 4.99 Å². The van der Waals surface area contributed by atoms with Gasteiger partial charge in [-0.3, -0.25) is 4.99 Å². The standard InChI is InChI=1S/C16H13N/c1-2-8-14(9-3-1)16-15-11-5-4-7-13(15)10-6-12-17-16/h1-11H,12H2. The van der Waals surface area contributed by atoms with Gasteiger partial charge in [-0.15, -0.1) is 0 Å². The highest BCUT2D eigenvalue weighted by molar-refractivity contribution is 6.15. The van der Waals surface area contributed by atoms with Crippen LogP contribution in [0.3, 0.4) is 0 Å². The van der Waals surface area contributed by atoms with Crippen molar-refractivity contribution in [1.82, 2.24) is 0 Å². The molecule has 1 heterocycles. The normalized spacial score (nSPS) is 13.8. The molecule has 0 unspecified atom stereocenters. The van der Waals surface area contributed by atoms with Crippen molar-refractivity contribution in [2.45, 2.75) is 0 Å². The van der Waals surface area contributed by atoms with Crippen molar-refractivity contribution in [1.29, 1.82) is 0 Å². The molecule has 0 aromatic heterocycles. The summed E-state index contributed by atoms with van der Waals surface area (Å²) in [6.07, 6.45) is 4.25. The van der Waals surface area contributed by atoms with Gasteiger partial charge in [-0.1, -0.05) is 66.7 Å². The third kappa shape index (κ3) is 1.92. The molecule has 0 saturated carbocycles. The van der Waals surface area contributed by atoms with Crippen molar-refractivity contribution in [2.75, 3.05) is 6.54 Å². The van der Waals surface area contributed by atoms with E-state index in [1.165, 1.54) is 16.7 Å². The number of rotatable bonds is 1. The summed E-state index contributed by atoms with van der Waals surface area (Å²) in [6, 6.07) is 18.8. The molecule has 82 valence electrons. The van der Waals surface area contributed by atoms with Crippen molar-refractivity contribution in [3.05, 3.63) is 77.4 Å². The van der Waals surface area contributed by atoms with E-state index in [9.17, 15) is 0 Å². The first kappa shape index (κ1) is 10.0. The average Bonchev–Trinajstić information content (AvgIpc) is 2.62. The quantitative estimate of drug-likeness (QED) is 0.695. The Balaban J connectivity index is 2.17. The van der Waals surface area contributed by atoms with Gasteiger partial charge < -0.3 is 0 Å². The monoisotopic (exact) mass is 219 g/mol. The highest BCUT2D eigenvalue weighted by Gasteiger charge is 2.10. The Hall–Kier alpha value is -2.15. The number of nitrogens with zero attached hydrogens (tertiary/aromatic N) is 1. The van der Waals surface area contributed by atoms with E-state index in [0.717, 1.165) is 12.3 Å². The van der Waals surface area contributed by atoms with E-state index in [4.69, 9.17) is 0 Å². The Morgan fingerprint density at radius 2 is 1.59 bits per heavy atom. The van der Waals surface area contributed by atoms with Gasteiger partial charge in [0.2, 0.25) is 0 Å². The lowest BCUT2D eigenvalue weighted by molar-refractivity contribution is 1.25. The number of benzene rings is 2. The molecule has 0 radical (unpaired) electrons. The molecular formula is C16H13N. The zero-order valence-corrected chi connectivity index (χ0v) is 9.51. The molecule has 2 aromatic carbocycles. The largest absolute Gasteiger partial charge is 0.280 e. The van der Waals surface area contributed by atoms with Crippen LogP contribution in [0, 0.1) is 0 Å². The van der Waals surface area contributed by atoms with Crippen LogP contribution in [0.1, 0.15) is 16.7 Å². The second-order valence-electron chi connectivity index (χ2n) is 4.04. The maximum absolute atomic E-state index is 4.66. The van der Waals surface area contributed by atoms with Gasteiger partial charge in [0.1, 0.15) is 0 Å². The smallest absolute Gasteiger partial charge is 0.0728 e. The summed E-state index contributed by atoms with van der Waals surface area (Å²) in [7, 11) is 0. The fourth-order valence-electron chi connectivity index (χ4n) is 2.11. The van der Waals surface area contributed by atoms with E-state index in [1.54, 1.807) is 0 Å². The van der Waals surface area contributed by atoms with Crippen LogP contribution in [0.15, 0.2) is 65.7 Å². The van der Waals surface area contributed by atoms with Crippen molar-refractivity contribution >= 4 is 11.8 Å². The van der Waals surface area contributed by atoms with Gasteiger partial charge in [-0.2, -0.15) is 0 Å². The maximum atomic E-state index is 4.66. The maximum Gasteiger partial charge on any atom is 0.0728 e. The minimum absolute atomic E-state index is 0.749. The predicted molar refractivity (Wildman–Crippen MR) is 72.4 cm³/mol. The molecule has 2 aromatic rings. The second kappa shape index (κ2) is 4.38. The minimum atomic E-state index is 0.749. The van der Waals surface area contributed by atoms with Crippen molar-refractivity contribution < 1.29 is 0 Å². The summed E-state index contributed by atoms with van der Waals surface area (Å²) in [5.41, 5.74) is 4.73. The molecular weight excluding hydrogens is 206 g/mol. The van der Waals surface area contributed by atoms with E-state index >= 15 is 0 Å². The van der Waals surface area contributed by atoms with Crippen LogP contribution in [0.25, 0.3) is 6.08 Å². The van der Waals surface area contributed by atoms with E-state index < -0.39 is 0 Å². The third-order valence-electron chi connectivity index (χ3n) is 2.92. The molecule has 0 N–H and O–H groups in total. The second-order valence-corrected chi connectivity index (χ2v) is 4.04. The Labute approximate surface area is 101 Å². The van der Waals surface area contributed by atoms with Gasteiger partial charge in [0.25, 0.3) is 0 Å². The molecule has 17 heavy (non-hydrogen) atoms. The van der Waals surface area contributed by atoms with Gasteiger partial charge in [-0.25, -0.2) is 0 Å². The van der Waals surface area contributed by atoms with Crippen LogP contribution in [0.2, 0.25) is 0 Å². The van der Waals surface area contributed by atoms with Gasteiger partial charge in [-0.05, 0) is 5.56 Å². The summed E-state index contributed by atoms with van der Waals surface area (Å²) in [6.45, 7) is 0.749. The molecule has 0 atom stereocenters. The van der Waals surface area contributed by atoms with Gasteiger partial charge in [0.05, 0.1) is 12.3 Å². The number of hydrogen-bond acceptors (Lipinski definition) is 1. The molecule has 1 nitrogen and oxygen atoms in total. The zero-order valence-electron chi connectivity index (χ0n) is 9.51. The number of hydrogen-bond donors (Lipinski definition) is 0. The van der Waals surface area contributed by atoms with Crippen LogP contribution >= 0.6 is 0 Å². The summed E-state index contributed by atoms with van der Waals surface area (Å²) < 4.78 is 0. The van der Waals surface area contributed by atoms with Crippen LogP contribution in [-0.4, -0.2) is 12.3 Å². The Bertz CT molecular complexity index is 579. The van der Waals surface area contributed by atoms with E-state index in [1.807, 2.05) is 6.07 Å². The molecule has 0 spiro atoms. The van der Waals surface area contributed by atoms with Crippen LogP contribution in [0.4, 0.5) is 0 Å². The first-order valence-corrected chi connectivity index (χ1v) is 5.81. The van der Waals surface area contributed by atoms with Crippen LogP contribution < -0.4 is 0 Å². The molecule has 1 aliphatic rings. The SMILES string of the molecule is C1=Cc2ccccc2C(c2ccccc2)=NC1. The zero-order chi connectivity index (χ0) is 11.5. The Morgan fingerprint density at radius 1 is 0.824 bits per heavy atom. The van der Waals surface area contributed by atoms with Crippen LogP contribution in [-0.2, 0) is 0 Å². The summed E-state index contributed by atoms with van der Waals surface area (Å²) in [4.78, 5) is 4.66. The van der Waals surface area contributed by atoms with E-state index in [2.05, 4.69) is 65.7 Å². The molecule has 0 aliphatic carbocycles. The number of aliphatic imine (C=N–C) groups is 1. The number of fused-ring (bicyclic) bond motifs is 1. The Morgan fingerprint density at radius 3 is 2.47 bits per heavy atom.